The number of carbonyl (C=O) groups is 2. The van der Waals surface area contributed by atoms with Crippen molar-refractivity contribution < 1.29 is 9.59 Å². The van der Waals surface area contributed by atoms with Gasteiger partial charge in [0.1, 0.15) is 12.7 Å². The molecule has 0 bridgehead atoms. The number of benzene rings is 1. The van der Waals surface area contributed by atoms with Gasteiger partial charge in [0.2, 0.25) is 5.91 Å². The highest BCUT2D eigenvalue weighted by molar-refractivity contribution is 6.33. The molecule has 2 aromatic rings. The van der Waals surface area contributed by atoms with Crippen molar-refractivity contribution in [2.24, 2.45) is 0 Å². The molecule has 1 aromatic heterocycles. The number of hydrogen-bond acceptors (Lipinski definition) is 4. The Morgan fingerprint density at radius 2 is 2.05 bits per heavy atom. The molecule has 0 aliphatic heterocycles. The molecule has 0 aliphatic carbocycles. The highest BCUT2D eigenvalue weighted by Gasteiger charge is 2.10. The van der Waals surface area contributed by atoms with Crippen LogP contribution in [-0.4, -0.2) is 26.6 Å². The van der Waals surface area contributed by atoms with Gasteiger partial charge in [-0.2, -0.15) is 5.10 Å². The highest BCUT2D eigenvalue weighted by Crippen LogP contribution is 2.13. The molecule has 0 spiro atoms. The molecular weight excluding hydrogens is 282 g/mol. The standard InChI is InChI=1S/C12H12ClN5O2/c13-10-4-2-1-3-9(10)12(20)17-16-11(19)5-6-18-8-14-7-15-18/h1-4,7-8H,5-6H2,(H,16,19)(H,17,20). The lowest BCUT2D eigenvalue weighted by Gasteiger charge is -2.08. The Bertz CT molecular complexity index is 600. The van der Waals surface area contributed by atoms with Crippen molar-refractivity contribution in [2.75, 3.05) is 0 Å². The maximum atomic E-state index is 11.8. The van der Waals surface area contributed by atoms with Crippen LogP contribution < -0.4 is 10.9 Å². The highest BCUT2D eigenvalue weighted by atomic mass is 35.5. The van der Waals surface area contributed by atoms with Crippen molar-refractivity contribution in [3.8, 4) is 0 Å². The van der Waals surface area contributed by atoms with Crippen LogP contribution in [0, 0.1) is 0 Å². The zero-order chi connectivity index (χ0) is 14.4. The van der Waals surface area contributed by atoms with Crippen LogP contribution in [0.1, 0.15) is 16.8 Å². The van der Waals surface area contributed by atoms with Crippen LogP contribution in [0.5, 0.6) is 0 Å². The first-order chi connectivity index (χ1) is 9.66. The Labute approximate surface area is 119 Å². The lowest BCUT2D eigenvalue weighted by atomic mass is 10.2. The van der Waals surface area contributed by atoms with E-state index in [1.165, 1.54) is 17.3 Å². The largest absolute Gasteiger partial charge is 0.273 e. The summed E-state index contributed by atoms with van der Waals surface area (Å²) in [6.45, 7) is 0.383. The first kappa shape index (κ1) is 14.0. The quantitative estimate of drug-likeness (QED) is 0.816. The van der Waals surface area contributed by atoms with Gasteiger partial charge in [0, 0.05) is 6.42 Å². The molecule has 1 heterocycles. The third kappa shape index (κ3) is 3.79. The number of carbonyl (C=O) groups excluding carboxylic acids is 2. The van der Waals surface area contributed by atoms with Crippen molar-refractivity contribution in [3.63, 3.8) is 0 Å². The normalized spacial score (nSPS) is 10.1. The number of nitrogens with one attached hydrogen (secondary N) is 2. The van der Waals surface area contributed by atoms with Crippen molar-refractivity contribution in [1.29, 1.82) is 0 Å². The zero-order valence-electron chi connectivity index (χ0n) is 10.4. The smallest absolute Gasteiger partial charge is 0.271 e. The molecule has 20 heavy (non-hydrogen) atoms. The maximum Gasteiger partial charge on any atom is 0.271 e. The summed E-state index contributed by atoms with van der Waals surface area (Å²) >= 11 is 5.87. The second kappa shape index (κ2) is 6.67. The van der Waals surface area contributed by atoms with Crippen molar-refractivity contribution in [2.45, 2.75) is 13.0 Å². The van der Waals surface area contributed by atoms with E-state index >= 15 is 0 Å². The summed E-state index contributed by atoms with van der Waals surface area (Å²) in [5, 5.41) is 4.18. The first-order valence-corrected chi connectivity index (χ1v) is 6.21. The third-order valence-corrected chi connectivity index (χ3v) is 2.80. The zero-order valence-corrected chi connectivity index (χ0v) is 11.2. The van der Waals surface area contributed by atoms with Gasteiger partial charge in [-0.05, 0) is 12.1 Å². The number of nitrogens with zero attached hydrogens (tertiary/aromatic N) is 3. The van der Waals surface area contributed by atoms with Crippen LogP contribution in [0.15, 0.2) is 36.9 Å². The molecule has 1 aromatic carbocycles. The second-order valence-corrected chi connectivity index (χ2v) is 4.30. The van der Waals surface area contributed by atoms with E-state index in [0.717, 1.165) is 0 Å². The molecule has 8 heteroatoms. The molecule has 0 saturated carbocycles. The lowest BCUT2D eigenvalue weighted by Crippen LogP contribution is -2.42. The molecule has 0 atom stereocenters. The average Bonchev–Trinajstić information content (AvgIpc) is 2.96. The number of aromatic nitrogens is 3. The predicted octanol–water partition coefficient (Wildman–Crippen LogP) is 0.783. The molecule has 2 N–H and O–H groups in total. The van der Waals surface area contributed by atoms with Gasteiger partial charge in [-0.25, -0.2) is 4.98 Å². The Kier molecular flexibility index (Phi) is 4.67. The topological polar surface area (TPSA) is 88.9 Å². The molecule has 0 unspecified atom stereocenters. The van der Waals surface area contributed by atoms with E-state index in [9.17, 15) is 9.59 Å². The van der Waals surface area contributed by atoms with Gasteiger partial charge in [-0.15, -0.1) is 0 Å². The molecule has 0 saturated heterocycles. The fourth-order valence-corrected chi connectivity index (χ4v) is 1.69. The molecule has 0 fully saturated rings. The van der Waals surface area contributed by atoms with Crippen LogP contribution in [0.3, 0.4) is 0 Å². The number of halogens is 1. The monoisotopic (exact) mass is 293 g/mol. The molecule has 104 valence electrons. The Morgan fingerprint density at radius 3 is 2.75 bits per heavy atom. The number of rotatable bonds is 4. The number of hydrogen-bond donors (Lipinski definition) is 2. The minimum absolute atomic E-state index is 0.173. The number of amides is 2. The number of hydrazine groups is 1. The van der Waals surface area contributed by atoms with Crippen LogP contribution in [0.2, 0.25) is 5.02 Å². The van der Waals surface area contributed by atoms with E-state index in [0.29, 0.717) is 17.1 Å². The predicted molar refractivity (Wildman–Crippen MR) is 71.7 cm³/mol. The van der Waals surface area contributed by atoms with Gasteiger partial charge in [0.25, 0.3) is 5.91 Å². The van der Waals surface area contributed by atoms with Gasteiger partial charge in [0.15, 0.2) is 0 Å². The maximum absolute atomic E-state index is 11.8. The SMILES string of the molecule is O=C(CCn1cncn1)NNC(=O)c1ccccc1Cl. The van der Waals surface area contributed by atoms with Gasteiger partial charge >= 0.3 is 0 Å². The van der Waals surface area contributed by atoms with E-state index in [-0.39, 0.29) is 12.3 Å². The van der Waals surface area contributed by atoms with Crippen LogP contribution >= 0.6 is 11.6 Å². The summed E-state index contributed by atoms with van der Waals surface area (Å²) in [5.41, 5.74) is 4.91. The average molecular weight is 294 g/mol. The summed E-state index contributed by atoms with van der Waals surface area (Å²) in [7, 11) is 0. The Morgan fingerprint density at radius 1 is 1.25 bits per heavy atom. The Balaban J connectivity index is 1.78. The van der Waals surface area contributed by atoms with E-state index in [1.54, 1.807) is 24.3 Å². The van der Waals surface area contributed by atoms with E-state index in [2.05, 4.69) is 20.9 Å². The fraction of sp³-hybridized carbons (Fsp3) is 0.167. The summed E-state index contributed by atoms with van der Waals surface area (Å²) in [5.74, 6) is -0.800. The van der Waals surface area contributed by atoms with Gasteiger partial charge < -0.3 is 0 Å². The first-order valence-electron chi connectivity index (χ1n) is 5.83. The van der Waals surface area contributed by atoms with Crippen LogP contribution in [0.4, 0.5) is 0 Å². The molecule has 0 radical (unpaired) electrons. The molecule has 2 rings (SSSR count). The summed E-state index contributed by atoms with van der Waals surface area (Å²) in [6.07, 6.45) is 3.07. The minimum Gasteiger partial charge on any atom is -0.273 e. The molecule has 2 amide bonds. The second-order valence-electron chi connectivity index (χ2n) is 3.89. The van der Waals surface area contributed by atoms with Gasteiger partial charge in [-0.1, -0.05) is 23.7 Å². The summed E-state index contributed by atoms with van der Waals surface area (Å²) in [4.78, 5) is 27.1. The van der Waals surface area contributed by atoms with Gasteiger partial charge in [0.05, 0.1) is 17.1 Å². The Hall–Kier alpha value is -2.41. The molecular formula is C12H12ClN5O2. The molecule has 0 aliphatic rings. The molecule has 7 nitrogen and oxygen atoms in total. The van der Waals surface area contributed by atoms with Crippen molar-refractivity contribution in [1.82, 2.24) is 25.6 Å². The summed E-state index contributed by atoms with van der Waals surface area (Å²) in [6, 6.07) is 6.57. The minimum atomic E-state index is -0.468. The van der Waals surface area contributed by atoms with E-state index in [4.69, 9.17) is 11.6 Å². The van der Waals surface area contributed by atoms with E-state index in [1.807, 2.05) is 0 Å². The summed E-state index contributed by atoms with van der Waals surface area (Å²) < 4.78 is 1.52. The van der Waals surface area contributed by atoms with Crippen molar-refractivity contribution in [3.05, 3.63) is 47.5 Å². The van der Waals surface area contributed by atoms with E-state index < -0.39 is 5.91 Å². The van der Waals surface area contributed by atoms with Crippen molar-refractivity contribution >= 4 is 23.4 Å². The third-order valence-electron chi connectivity index (χ3n) is 2.47. The lowest BCUT2D eigenvalue weighted by molar-refractivity contribution is -0.122. The number of aryl methyl sites for hydroxylation is 1. The fourth-order valence-electron chi connectivity index (χ4n) is 1.47. The van der Waals surface area contributed by atoms with Crippen LogP contribution in [-0.2, 0) is 11.3 Å². The van der Waals surface area contributed by atoms with Gasteiger partial charge in [-0.3, -0.25) is 25.1 Å². The van der Waals surface area contributed by atoms with Crippen LogP contribution in [0.25, 0.3) is 0 Å².